The van der Waals surface area contributed by atoms with Crippen molar-refractivity contribution in [3.8, 4) is 5.75 Å². The molecule has 0 saturated heterocycles. The molecule has 0 aliphatic rings. The van der Waals surface area contributed by atoms with Crippen molar-refractivity contribution in [3.05, 3.63) is 23.8 Å². The van der Waals surface area contributed by atoms with Crippen LogP contribution in [0.2, 0.25) is 0 Å². The maximum Gasteiger partial charge on any atom is 0.115 e. The van der Waals surface area contributed by atoms with Crippen LogP contribution in [0.5, 0.6) is 5.75 Å². The van der Waals surface area contributed by atoms with Gasteiger partial charge in [0.1, 0.15) is 5.75 Å². The van der Waals surface area contributed by atoms with Crippen LogP contribution in [0, 0.1) is 6.92 Å². The van der Waals surface area contributed by atoms with Crippen molar-refractivity contribution in [2.24, 2.45) is 0 Å². The van der Waals surface area contributed by atoms with E-state index in [0.717, 1.165) is 5.56 Å². The largest absolute Gasteiger partial charge is 0.508 e. The van der Waals surface area contributed by atoms with Gasteiger partial charge in [-0.05, 0) is 30.7 Å². The number of halogens is 1. The molecule has 0 spiro atoms. The first-order valence-electron chi connectivity index (χ1n) is 2.75. The van der Waals surface area contributed by atoms with Crippen LogP contribution in [0.25, 0.3) is 0 Å². The highest BCUT2D eigenvalue weighted by Gasteiger charge is 1.91. The molecule has 1 aromatic rings. The van der Waals surface area contributed by atoms with E-state index < -0.39 is 0 Å². The van der Waals surface area contributed by atoms with Crippen LogP contribution in [0.1, 0.15) is 5.56 Å². The number of aromatic hydroxyl groups is 1. The summed E-state index contributed by atoms with van der Waals surface area (Å²) in [6, 6.07) is 4.89. The van der Waals surface area contributed by atoms with Gasteiger partial charge in [0, 0.05) is 5.69 Å². The molecule has 0 bridgehead atoms. The molecule has 0 aromatic heterocycles. The molecule has 0 heterocycles. The molecule has 10 heavy (non-hydrogen) atoms. The van der Waals surface area contributed by atoms with E-state index in [1.165, 1.54) is 0 Å². The van der Waals surface area contributed by atoms with Crippen molar-refractivity contribution in [2.45, 2.75) is 6.92 Å². The lowest BCUT2D eigenvalue weighted by Gasteiger charge is -1.97. The van der Waals surface area contributed by atoms with Crippen LogP contribution >= 0.6 is 17.0 Å². The first kappa shape index (κ1) is 9.30. The molecule has 0 amide bonds. The van der Waals surface area contributed by atoms with Crippen molar-refractivity contribution >= 4 is 22.7 Å². The Bertz CT molecular complexity index is 225. The molecule has 0 aliphatic carbocycles. The van der Waals surface area contributed by atoms with Crippen molar-refractivity contribution < 1.29 is 5.11 Å². The van der Waals surface area contributed by atoms with Gasteiger partial charge in [0.05, 0.1) is 0 Å². The van der Waals surface area contributed by atoms with Gasteiger partial charge in [-0.15, -0.1) is 17.0 Å². The Kier molecular flexibility index (Phi) is 3.22. The zero-order valence-electron chi connectivity index (χ0n) is 5.66. The number of nitrogens with two attached hydrogens (primary N) is 1. The normalized spacial score (nSPS) is 8.50. The molecular formula is C7H10BrNO. The number of phenolic OH excluding ortho intramolecular Hbond substituents is 1. The summed E-state index contributed by atoms with van der Waals surface area (Å²) >= 11 is 0. The Morgan fingerprint density at radius 3 is 2.40 bits per heavy atom. The number of benzene rings is 1. The van der Waals surface area contributed by atoms with E-state index in [0.29, 0.717) is 5.69 Å². The fourth-order valence-electron chi connectivity index (χ4n) is 0.660. The maximum absolute atomic E-state index is 8.88. The van der Waals surface area contributed by atoms with Gasteiger partial charge < -0.3 is 10.8 Å². The second-order valence-electron chi connectivity index (χ2n) is 2.04. The Morgan fingerprint density at radius 1 is 1.40 bits per heavy atom. The Morgan fingerprint density at radius 2 is 2.00 bits per heavy atom. The molecule has 2 nitrogen and oxygen atoms in total. The van der Waals surface area contributed by atoms with Gasteiger partial charge in [0.2, 0.25) is 0 Å². The second-order valence-corrected chi connectivity index (χ2v) is 2.04. The minimum atomic E-state index is 0. The van der Waals surface area contributed by atoms with E-state index in [1.807, 2.05) is 6.92 Å². The summed E-state index contributed by atoms with van der Waals surface area (Å²) in [6.45, 7) is 1.86. The van der Waals surface area contributed by atoms with Gasteiger partial charge in [0.25, 0.3) is 0 Å². The van der Waals surface area contributed by atoms with Crippen LogP contribution in [0.4, 0.5) is 5.69 Å². The summed E-state index contributed by atoms with van der Waals surface area (Å²) in [6.07, 6.45) is 0. The molecule has 1 aromatic carbocycles. The monoisotopic (exact) mass is 203 g/mol. The van der Waals surface area contributed by atoms with E-state index >= 15 is 0 Å². The fraction of sp³-hybridized carbons (Fsp3) is 0.143. The van der Waals surface area contributed by atoms with Gasteiger partial charge >= 0.3 is 0 Å². The quantitative estimate of drug-likeness (QED) is 0.500. The van der Waals surface area contributed by atoms with Crippen LogP contribution in [-0.4, -0.2) is 5.11 Å². The molecule has 0 saturated carbocycles. The Balaban J connectivity index is 0.000000810. The highest BCUT2D eigenvalue weighted by atomic mass is 79.9. The van der Waals surface area contributed by atoms with Gasteiger partial charge in [0.15, 0.2) is 0 Å². The number of anilines is 1. The van der Waals surface area contributed by atoms with Crippen molar-refractivity contribution in [1.29, 1.82) is 0 Å². The lowest BCUT2D eigenvalue weighted by molar-refractivity contribution is 0.475. The predicted octanol–water partition coefficient (Wildman–Crippen LogP) is 1.86. The number of phenols is 1. The summed E-state index contributed by atoms with van der Waals surface area (Å²) in [5, 5.41) is 8.88. The van der Waals surface area contributed by atoms with Crippen molar-refractivity contribution in [3.63, 3.8) is 0 Å². The van der Waals surface area contributed by atoms with E-state index in [9.17, 15) is 0 Å². The van der Waals surface area contributed by atoms with Crippen LogP contribution in [-0.2, 0) is 0 Å². The van der Waals surface area contributed by atoms with E-state index in [-0.39, 0.29) is 22.7 Å². The molecule has 56 valence electrons. The van der Waals surface area contributed by atoms with Crippen molar-refractivity contribution in [1.82, 2.24) is 0 Å². The lowest BCUT2D eigenvalue weighted by Crippen LogP contribution is -1.86. The van der Waals surface area contributed by atoms with E-state index in [1.54, 1.807) is 18.2 Å². The minimum absolute atomic E-state index is 0. The molecule has 0 unspecified atom stereocenters. The highest BCUT2D eigenvalue weighted by Crippen LogP contribution is 2.16. The van der Waals surface area contributed by atoms with Crippen LogP contribution in [0.15, 0.2) is 18.2 Å². The molecule has 0 atom stereocenters. The standard InChI is InChI=1S/C7H9NO.BrH/c1-5-4-6(9)2-3-7(5)8;/h2-4,9H,8H2,1H3;1H. The van der Waals surface area contributed by atoms with Crippen molar-refractivity contribution in [2.75, 3.05) is 5.73 Å². The summed E-state index contributed by atoms with van der Waals surface area (Å²) in [5.74, 6) is 0.265. The predicted molar refractivity (Wildman–Crippen MR) is 47.6 cm³/mol. The molecule has 1 rings (SSSR count). The average Bonchev–Trinajstić information content (AvgIpc) is 1.80. The molecular weight excluding hydrogens is 194 g/mol. The molecule has 0 aliphatic heterocycles. The second kappa shape index (κ2) is 3.46. The third kappa shape index (κ3) is 1.92. The number of hydrogen-bond acceptors (Lipinski definition) is 2. The number of nitrogen functional groups attached to an aromatic ring is 1. The summed E-state index contributed by atoms with van der Waals surface area (Å²) in [7, 11) is 0. The molecule has 3 heteroatoms. The Hall–Kier alpha value is -0.700. The Labute approximate surface area is 70.4 Å². The van der Waals surface area contributed by atoms with Gasteiger partial charge in [-0.3, -0.25) is 0 Å². The first-order valence-corrected chi connectivity index (χ1v) is 2.75. The highest BCUT2D eigenvalue weighted by molar-refractivity contribution is 8.93. The molecule has 0 radical (unpaired) electrons. The summed E-state index contributed by atoms with van der Waals surface area (Å²) in [4.78, 5) is 0. The topological polar surface area (TPSA) is 46.2 Å². The van der Waals surface area contributed by atoms with Crippen LogP contribution < -0.4 is 5.73 Å². The lowest BCUT2D eigenvalue weighted by atomic mass is 10.2. The molecule has 0 fully saturated rings. The first-order chi connectivity index (χ1) is 4.20. The average molecular weight is 204 g/mol. The maximum atomic E-state index is 8.88. The third-order valence-corrected chi connectivity index (χ3v) is 1.25. The van der Waals surface area contributed by atoms with Gasteiger partial charge in [-0.2, -0.15) is 0 Å². The zero-order valence-corrected chi connectivity index (χ0v) is 7.38. The number of rotatable bonds is 0. The third-order valence-electron chi connectivity index (χ3n) is 1.25. The number of aryl methyl sites for hydroxylation is 1. The van der Waals surface area contributed by atoms with Gasteiger partial charge in [-0.1, -0.05) is 0 Å². The smallest absolute Gasteiger partial charge is 0.115 e. The number of hydrogen-bond donors (Lipinski definition) is 2. The summed E-state index contributed by atoms with van der Waals surface area (Å²) < 4.78 is 0. The molecule has 3 N–H and O–H groups in total. The van der Waals surface area contributed by atoms with E-state index in [4.69, 9.17) is 10.8 Å². The minimum Gasteiger partial charge on any atom is -0.508 e. The fourth-order valence-corrected chi connectivity index (χ4v) is 0.660. The zero-order chi connectivity index (χ0) is 6.85. The van der Waals surface area contributed by atoms with Crippen LogP contribution in [0.3, 0.4) is 0 Å². The van der Waals surface area contributed by atoms with Gasteiger partial charge in [-0.25, -0.2) is 0 Å². The van der Waals surface area contributed by atoms with E-state index in [2.05, 4.69) is 0 Å². The summed E-state index contributed by atoms with van der Waals surface area (Å²) in [5.41, 5.74) is 7.11. The SMILES string of the molecule is Br.Cc1cc(O)ccc1N.